The number of carbonyl (C=O) groups is 2. The number of carbonyl (C=O) groups excluding carboxylic acids is 2. The summed E-state index contributed by atoms with van der Waals surface area (Å²) >= 11 is 6.10. The van der Waals surface area contributed by atoms with Gasteiger partial charge in [-0.2, -0.15) is 0 Å². The number of nitrogens with zero attached hydrogens (tertiary/aromatic N) is 3. The number of benzene rings is 2. The summed E-state index contributed by atoms with van der Waals surface area (Å²) in [6.07, 6.45) is 0. The van der Waals surface area contributed by atoms with Crippen molar-refractivity contribution in [3.8, 4) is 0 Å². The van der Waals surface area contributed by atoms with E-state index >= 15 is 0 Å². The first kappa shape index (κ1) is 17.2. The predicted molar refractivity (Wildman–Crippen MR) is 105 cm³/mol. The van der Waals surface area contributed by atoms with Gasteiger partial charge in [0.1, 0.15) is 0 Å². The third-order valence-electron chi connectivity index (χ3n) is 3.68. The van der Waals surface area contributed by atoms with Gasteiger partial charge < -0.3 is 5.32 Å². The number of hydrogen-bond acceptors (Lipinski definition) is 7. The minimum Gasteiger partial charge on any atom is -0.330 e. The Hall–Kier alpha value is -2.23. The molecule has 3 aromatic rings. The molecule has 0 radical (unpaired) electrons. The molecule has 2 aromatic carbocycles. The lowest BCUT2D eigenvalue weighted by Crippen LogP contribution is -2.29. The Balaban J connectivity index is 1.41. The van der Waals surface area contributed by atoms with E-state index in [1.807, 2.05) is 24.3 Å². The Bertz CT molecular complexity index is 973. The normalized spacial score (nSPS) is 13.2. The lowest BCUT2D eigenvalue weighted by molar-refractivity contribution is 0.0684. The summed E-state index contributed by atoms with van der Waals surface area (Å²) in [4.78, 5) is 25.9. The van der Waals surface area contributed by atoms with Crippen LogP contribution in [0, 0.1) is 0 Å². The van der Waals surface area contributed by atoms with Crippen LogP contribution in [0.5, 0.6) is 0 Å². The van der Waals surface area contributed by atoms with Crippen LogP contribution in [0.2, 0.25) is 0 Å². The van der Waals surface area contributed by atoms with E-state index in [-0.39, 0.29) is 17.7 Å². The van der Waals surface area contributed by atoms with E-state index < -0.39 is 0 Å². The zero-order valence-corrected chi connectivity index (χ0v) is 16.4. The number of nitrogens with one attached hydrogen (secondary N) is 1. The highest BCUT2D eigenvalue weighted by atomic mass is 79.9. The summed E-state index contributed by atoms with van der Waals surface area (Å²) in [5, 5.41) is 12.0. The number of halogens is 1. The van der Waals surface area contributed by atoms with Crippen LogP contribution in [0.1, 0.15) is 20.7 Å². The lowest BCUT2D eigenvalue weighted by Gasteiger charge is -2.11. The summed E-state index contributed by atoms with van der Waals surface area (Å²) in [6.45, 7) is 0. The van der Waals surface area contributed by atoms with Gasteiger partial charge in [0.15, 0.2) is 4.34 Å². The van der Waals surface area contributed by atoms with Gasteiger partial charge in [0, 0.05) is 10.2 Å². The molecule has 1 aromatic heterocycles. The summed E-state index contributed by atoms with van der Waals surface area (Å²) in [6, 6.07) is 14.6. The third-order valence-corrected chi connectivity index (χ3v) is 6.12. The second-order valence-corrected chi connectivity index (χ2v) is 8.45. The largest absolute Gasteiger partial charge is 0.330 e. The molecule has 4 rings (SSSR count). The standard InChI is InChI=1S/C17H11BrN4O2S2/c18-10-4-3-5-11(8-10)19-16-20-21-17(26-16)25-9-22-14(23)12-6-1-2-7-13(12)15(22)24/h1-8H,9H2,(H,19,20). The molecule has 6 nitrogen and oxygen atoms in total. The maximum Gasteiger partial charge on any atom is 0.262 e. The molecule has 0 unspecified atom stereocenters. The molecule has 2 amide bonds. The molecular formula is C17H11BrN4O2S2. The Morgan fingerprint density at radius 3 is 2.46 bits per heavy atom. The first-order chi connectivity index (χ1) is 12.6. The van der Waals surface area contributed by atoms with Crippen molar-refractivity contribution < 1.29 is 9.59 Å². The molecule has 1 N–H and O–H groups in total. The lowest BCUT2D eigenvalue weighted by atomic mass is 10.1. The Kier molecular flexibility index (Phi) is 4.75. The number of thioether (sulfide) groups is 1. The van der Waals surface area contributed by atoms with Crippen LogP contribution in [0.25, 0.3) is 0 Å². The van der Waals surface area contributed by atoms with Crippen molar-refractivity contribution in [3.05, 3.63) is 64.1 Å². The number of hydrogen-bond donors (Lipinski definition) is 1. The monoisotopic (exact) mass is 446 g/mol. The predicted octanol–water partition coefficient (Wildman–Crippen LogP) is 4.39. The van der Waals surface area contributed by atoms with Gasteiger partial charge in [-0.15, -0.1) is 10.2 Å². The van der Waals surface area contributed by atoms with E-state index in [0.717, 1.165) is 10.2 Å². The minimum absolute atomic E-state index is 0.206. The van der Waals surface area contributed by atoms with Crippen molar-refractivity contribution in [2.75, 3.05) is 11.2 Å². The highest BCUT2D eigenvalue weighted by molar-refractivity contribution is 9.10. The molecule has 2 heterocycles. The van der Waals surface area contributed by atoms with Gasteiger partial charge in [0.05, 0.1) is 17.0 Å². The smallest absolute Gasteiger partial charge is 0.262 e. The van der Waals surface area contributed by atoms with Crippen LogP contribution in [0.4, 0.5) is 10.8 Å². The second kappa shape index (κ2) is 7.18. The molecule has 0 spiro atoms. The molecule has 0 saturated carbocycles. The maximum absolute atomic E-state index is 12.3. The van der Waals surface area contributed by atoms with E-state index in [0.29, 0.717) is 20.6 Å². The van der Waals surface area contributed by atoms with Crippen molar-refractivity contribution in [2.45, 2.75) is 4.34 Å². The van der Waals surface area contributed by atoms with Crippen molar-refractivity contribution >= 4 is 61.7 Å². The molecule has 0 aliphatic carbocycles. The average Bonchev–Trinajstić information content (AvgIpc) is 3.17. The summed E-state index contributed by atoms with van der Waals surface area (Å²) in [7, 11) is 0. The topological polar surface area (TPSA) is 75.2 Å². The highest BCUT2D eigenvalue weighted by Crippen LogP contribution is 2.31. The molecule has 0 atom stereocenters. The highest BCUT2D eigenvalue weighted by Gasteiger charge is 2.35. The quantitative estimate of drug-likeness (QED) is 0.462. The van der Waals surface area contributed by atoms with Crippen LogP contribution < -0.4 is 5.32 Å². The van der Waals surface area contributed by atoms with Gasteiger partial charge >= 0.3 is 0 Å². The van der Waals surface area contributed by atoms with Gasteiger partial charge in [-0.3, -0.25) is 14.5 Å². The first-order valence-corrected chi connectivity index (χ1v) is 10.2. The van der Waals surface area contributed by atoms with Crippen LogP contribution >= 0.6 is 39.0 Å². The number of aromatic nitrogens is 2. The van der Waals surface area contributed by atoms with Crippen molar-refractivity contribution in [2.24, 2.45) is 0 Å². The molecule has 0 bridgehead atoms. The van der Waals surface area contributed by atoms with E-state index in [1.54, 1.807) is 24.3 Å². The molecule has 9 heteroatoms. The molecule has 1 aliphatic heterocycles. The second-order valence-electron chi connectivity index (χ2n) is 5.37. The number of anilines is 2. The Labute approximate surface area is 165 Å². The SMILES string of the molecule is O=C1c2ccccc2C(=O)N1CSc1nnc(Nc2cccc(Br)c2)s1. The zero-order chi connectivity index (χ0) is 18.1. The zero-order valence-electron chi connectivity index (χ0n) is 13.2. The van der Waals surface area contributed by atoms with E-state index in [9.17, 15) is 9.59 Å². The Morgan fingerprint density at radius 1 is 1.04 bits per heavy atom. The van der Waals surface area contributed by atoms with E-state index in [1.165, 1.54) is 28.0 Å². The number of rotatable bonds is 5. The van der Waals surface area contributed by atoms with Gasteiger partial charge in [0.25, 0.3) is 11.8 Å². The minimum atomic E-state index is -0.268. The van der Waals surface area contributed by atoms with Gasteiger partial charge in [-0.25, -0.2) is 0 Å². The molecule has 1 aliphatic rings. The summed E-state index contributed by atoms with van der Waals surface area (Å²) in [5.41, 5.74) is 1.80. The average molecular weight is 447 g/mol. The van der Waals surface area contributed by atoms with Crippen LogP contribution in [-0.2, 0) is 0 Å². The van der Waals surface area contributed by atoms with Crippen molar-refractivity contribution in [1.82, 2.24) is 15.1 Å². The molecule has 0 saturated heterocycles. The van der Waals surface area contributed by atoms with Crippen LogP contribution in [-0.4, -0.2) is 32.8 Å². The molecule has 0 fully saturated rings. The first-order valence-electron chi connectivity index (χ1n) is 7.56. The summed E-state index contributed by atoms with van der Waals surface area (Å²) in [5.74, 6) is -0.331. The number of fused-ring (bicyclic) bond motifs is 1. The van der Waals surface area contributed by atoms with Crippen LogP contribution in [0.3, 0.4) is 0 Å². The molecular weight excluding hydrogens is 436 g/mol. The fourth-order valence-corrected chi connectivity index (χ4v) is 4.58. The number of imide groups is 1. The van der Waals surface area contributed by atoms with Crippen molar-refractivity contribution in [3.63, 3.8) is 0 Å². The van der Waals surface area contributed by atoms with E-state index in [2.05, 4.69) is 31.4 Å². The molecule has 130 valence electrons. The Morgan fingerprint density at radius 2 is 1.77 bits per heavy atom. The summed E-state index contributed by atoms with van der Waals surface area (Å²) < 4.78 is 1.64. The molecule has 26 heavy (non-hydrogen) atoms. The van der Waals surface area contributed by atoms with Crippen LogP contribution in [0.15, 0.2) is 57.3 Å². The van der Waals surface area contributed by atoms with Crippen molar-refractivity contribution in [1.29, 1.82) is 0 Å². The van der Waals surface area contributed by atoms with Gasteiger partial charge in [-0.05, 0) is 30.3 Å². The number of amides is 2. The van der Waals surface area contributed by atoms with E-state index in [4.69, 9.17) is 0 Å². The fraction of sp³-hybridized carbons (Fsp3) is 0.0588. The van der Waals surface area contributed by atoms with Gasteiger partial charge in [-0.1, -0.05) is 57.2 Å². The maximum atomic E-state index is 12.3. The van der Waals surface area contributed by atoms with Gasteiger partial charge in [0.2, 0.25) is 5.13 Å². The fourth-order valence-electron chi connectivity index (χ4n) is 2.48. The third kappa shape index (κ3) is 3.37.